The first-order chi connectivity index (χ1) is 10.1. The van der Waals surface area contributed by atoms with Gasteiger partial charge in [0.25, 0.3) is 0 Å². The van der Waals surface area contributed by atoms with Gasteiger partial charge in [-0.25, -0.2) is 0 Å². The number of carbonyl (C=O) groups excluding carboxylic acids is 2. The third-order valence-corrected chi connectivity index (χ3v) is 2.97. The molecule has 1 unspecified atom stereocenters. The molecule has 0 aliphatic rings. The van der Waals surface area contributed by atoms with Gasteiger partial charge < -0.3 is 16.8 Å². The topological polar surface area (TPSA) is 116 Å². The van der Waals surface area contributed by atoms with E-state index in [0.717, 1.165) is 5.56 Å². The summed E-state index contributed by atoms with van der Waals surface area (Å²) in [5, 5.41) is 6.67. The molecule has 2 amide bonds. The molecule has 0 aliphatic heterocycles. The van der Waals surface area contributed by atoms with Crippen LogP contribution in [0.4, 0.5) is 5.69 Å². The lowest BCUT2D eigenvalue weighted by Crippen LogP contribution is -2.27. The number of benzene rings is 1. The van der Waals surface area contributed by atoms with Gasteiger partial charge in [0.05, 0.1) is 17.8 Å². The number of nitrogens with two attached hydrogens (primary N) is 2. The van der Waals surface area contributed by atoms with Crippen molar-refractivity contribution in [2.45, 2.75) is 12.5 Å². The number of nitrogens with one attached hydrogen (secondary N) is 1. The van der Waals surface area contributed by atoms with Gasteiger partial charge in [0.2, 0.25) is 11.8 Å². The van der Waals surface area contributed by atoms with E-state index in [2.05, 4.69) is 10.4 Å². The minimum Gasteiger partial charge on any atom is -0.368 e. The number of amides is 2. The Labute approximate surface area is 121 Å². The number of hydrogen-bond donors (Lipinski definition) is 3. The van der Waals surface area contributed by atoms with Crippen LogP contribution in [-0.4, -0.2) is 28.1 Å². The predicted molar refractivity (Wildman–Crippen MR) is 78.3 cm³/mol. The van der Waals surface area contributed by atoms with Crippen LogP contribution in [-0.2, 0) is 16.1 Å². The normalized spacial score (nSPS) is 11.9. The van der Waals surface area contributed by atoms with Crippen LogP contribution in [0.2, 0.25) is 0 Å². The van der Waals surface area contributed by atoms with Gasteiger partial charge in [-0.2, -0.15) is 5.10 Å². The first-order valence-corrected chi connectivity index (χ1v) is 6.46. The zero-order valence-corrected chi connectivity index (χ0v) is 11.4. The lowest BCUT2D eigenvalue weighted by atomic mass is 9.98. The van der Waals surface area contributed by atoms with Gasteiger partial charge in [-0.1, -0.05) is 30.3 Å². The van der Waals surface area contributed by atoms with Crippen LogP contribution >= 0.6 is 0 Å². The highest BCUT2D eigenvalue weighted by Crippen LogP contribution is 2.17. The van der Waals surface area contributed by atoms with Gasteiger partial charge in [-0.3, -0.25) is 14.3 Å². The van der Waals surface area contributed by atoms with Crippen molar-refractivity contribution in [3.8, 4) is 0 Å². The molecule has 7 heteroatoms. The summed E-state index contributed by atoms with van der Waals surface area (Å²) < 4.78 is 1.36. The second-order valence-electron chi connectivity index (χ2n) is 4.58. The molecule has 0 saturated carbocycles. The Morgan fingerprint density at radius 3 is 2.62 bits per heavy atom. The van der Waals surface area contributed by atoms with E-state index in [1.165, 1.54) is 10.9 Å². The number of anilines is 1. The quantitative estimate of drug-likeness (QED) is 0.696. The largest absolute Gasteiger partial charge is 0.368 e. The Hall–Kier alpha value is -2.67. The van der Waals surface area contributed by atoms with Gasteiger partial charge >= 0.3 is 0 Å². The van der Waals surface area contributed by atoms with Crippen molar-refractivity contribution in [2.75, 3.05) is 11.9 Å². The maximum Gasteiger partial charge on any atom is 0.239 e. The van der Waals surface area contributed by atoms with Crippen molar-refractivity contribution in [3.63, 3.8) is 0 Å². The summed E-state index contributed by atoms with van der Waals surface area (Å²) >= 11 is 0. The Morgan fingerprint density at radius 2 is 2.00 bits per heavy atom. The smallest absolute Gasteiger partial charge is 0.239 e. The zero-order valence-electron chi connectivity index (χ0n) is 11.4. The molecule has 7 nitrogen and oxygen atoms in total. The molecule has 0 spiro atoms. The maximum absolute atomic E-state index is 12.3. The fourth-order valence-corrected chi connectivity index (χ4v) is 1.98. The first kappa shape index (κ1) is 14.7. The lowest BCUT2D eigenvalue weighted by molar-refractivity contribution is -0.119. The molecular formula is C14H17N5O2. The minimum absolute atomic E-state index is 0.0329. The predicted octanol–water partition coefficient (Wildman–Crippen LogP) is 0.0494. The molecule has 2 aromatic rings. The van der Waals surface area contributed by atoms with Crippen molar-refractivity contribution < 1.29 is 9.59 Å². The standard InChI is InChI=1S/C14H17N5O2/c15-6-12(10-4-2-1-3-5-10)14(21)18-11-7-17-19(8-11)9-13(16)20/h1-5,7-8,12H,6,9,15H2,(H2,16,20)(H,18,21). The molecule has 0 saturated heterocycles. The molecule has 2 rings (SSSR count). The monoisotopic (exact) mass is 287 g/mol. The van der Waals surface area contributed by atoms with Crippen molar-refractivity contribution >= 4 is 17.5 Å². The van der Waals surface area contributed by atoms with Crippen LogP contribution in [0.3, 0.4) is 0 Å². The van der Waals surface area contributed by atoms with E-state index in [0.29, 0.717) is 5.69 Å². The molecule has 0 fully saturated rings. The summed E-state index contributed by atoms with van der Waals surface area (Å²) in [6.07, 6.45) is 3.00. The number of rotatable bonds is 6. The summed E-state index contributed by atoms with van der Waals surface area (Å²) in [4.78, 5) is 23.1. The van der Waals surface area contributed by atoms with Crippen molar-refractivity contribution in [3.05, 3.63) is 48.3 Å². The molecule has 0 radical (unpaired) electrons. The summed E-state index contributed by atoms with van der Waals surface area (Å²) in [6.45, 7) is 0.167. The summed E-state index contributed by atoms with van der Waals surface area (Å²) in [6, 6.07) is 9.30. The number of carbonyl (C=O) groups is 2. The minimum atomic E-state index is -0.500. The molecule has 5 N–H and O–H groups in total. The highest BCUT2D eigenvalue weighted by atomic mass is 16.2. The van der Waals surface area contributed by atoms with Crippen molar-refractivity contribution in [1.29, 1.82) is 0 Å². The van der Waals surface area contributed by atoms with Gasteiger partial charge in [0.15, 0.2) is 0 Å². The summed E-state index contributed by atoms with van der Waals surface area (Å²) in [7, 11) is 0. The van der Waals surface area contributed by atoms with Crippen LogP contribution < -0.4 is 16.8 Å². The Balaban J connectivity index is 2.06. The van der Waals surface area contributed by atoms with Crippen molar-refractivity contribution in [1.82, 2.24) is 9.78 Å². The Kier molecular flexibility index (Phi) is 4.68. The highest BCUT2D eigenvalue weighted by molar-refractivity contribution is 5.95. The average Bonchev–Trinajstić information content (AvgIpc) is 2.87. The third kappa shape index (κ3) is 3.90. The highest BCUT2D eigenvalue weighted by Gasteiger charge is 2.19. The fourth-order valence-electron chi connectivity index (χ4n) is 1.98. The molecule has 110 valence electrons. The molecule has 21 heavy (non-hydrogen) atoms. The van der Waals surface area contributed by atoms with E-state index in [9.17, 15) is 9.59 Å². The molecule has 0 aliphatic carbocycles. The van der Waals surface area contributed by atoms with Crippen molar-refractivity contribution in [2.24, 2.45) is 11.5 Å². The Morgan fingerprint density at radius 1 is 1.29 bits per heavy atom. The van der Waals surface area contributed by atoms with Gasteiger partial charge in [0, 0.05) is 12.7 Å². The molecule has 1 aromatic heterocycles. The Bertz CT molecular complexity index is 623. The zero-order chi connectivity index (χ0) is 15.2. The van der Waals surface area contributed by atoms with Gasteiger partial charge in [-0.15, -0.1) is 0 Å². The van der Waals surface area contributed by atoms with E-state index in [-0.39, 0.29) is 19.0 Å². The lowest BCUT2D eigenvalue weighted by Gasteiger charge is -2.14. The van der Waals surface area contributed by atoms with Crippen LogP contribution in [0.15, 0.2) is 42.7 Å². The van der Waals surface area contributed by atoms with Crippen LogP contribution in [0.5, 0.6) is 0 Å². The number of aromatic nitrogens is 2. The fraction of sp³-hybridized carbons (Fsp3) is 0.214. The van der Waals surface area contributed by atoms with Gasteiger partial charge in [0.1, 0.15) is 6.54 Å². The average molecular weight is 287 g/mol. The van der Waals surface area contributed by atoms with Crippen LogP contribution in [0, 0.1) is 0 Å². The second kappa shape index (κ2) is 6.67. The third-order valence-electron chi connectivity index (χ3n) is 2.97. The summed E-state index contributed by atoms with van der Waals surface area (Å²) in [5.74, 6) is -1.16. The summed E-state index contributed by atoms with van der Waals surface area (Å²) in [5.41, 5.74) is 12.1. The number of primary amides is 1. The number of nitrogens with zero attached hydrogens (tertiary/aromatic N) is 2. The second-order valence-corrected chi connectivity index (χ2v) is 4.58. The molecule has 1 aromatic carbocycles. The van der Waals surface area contributed by atoms with Crippen LogP contribution in [0.1, 0.15) is 11.5 Å². The van der Waals surface area contributed by atoms with E-state index in [1.807, 2.05) is 30.3 Å². The first-order valence-electron chi connectivity index (χ1n) is 6.46. The SMILES string of the molecule is NCC(C(=O)Nc1cnn(CC(N)=O)c1)c1ccccc1. The maximum atomic E-state index is 12.3. The van der Waals surface area contributed by atoms with E-state index in [4.69, 9.17) is 11.5 Å². The van der Waals surface area contributed by atoms with Gasteiger partial charge in [-0.05, 0) is 5.56 Å². The molecule has 0 bridgehead atoms. The molecule has 1 atom stereocenters. The van der Waals surface area contributed by atoms with E-state index < -0.39 is 11.8 Å². The molecular weight excluding hydrogens is 270 g/mol. The molecule has 1 heterocycles. The van der Waals surface area contributed by atoms with E-state index in [1.54, 1.807) is 6.20 Å². The van der Waals surface area contributed by atoms with E-state index >= 15 is 0 Å². The number of hydrogen-bond acceptors (Lipinski definition) is 4. The van der Waals surface area contributed by atoms with Crippen LogP contribution in [0.25, 0.3) is 0 Å².